The molecule has 1 aromatic carbocycles. The SMILES string of the molecule is COC(=O)C1(NC(=O)C2CCCN(S(=O)(=O)c3ccc(OC)cc3)C2)CCCC1. The van der Waals surface area contributed by atoms with Crippen molar-refractivity contribution in [2.45, 2.75) is 49.0 Å². The van der Waals surface area contributed by atoms with Crippen LogP contribution in [0, 0.1) is 5.92 Å². The standard InChI is InChI=1S/C20H28N2O6S/c1-27-16-7-9-17(10-8-16)29(25,26)22-13-5-6-15(14-22)18(23)21-20(19(24)28-2)11-3-4-12-20/h7-10,15H,3-6,11-14H2,1-2H3,(H,21,23). The molecule has 1 aliphatic carbocycles. The van der Waals surface area contributed by atoms with E-state index in [1.807, 2.05) is 0 Å². The van der Waals surface area contributed by atoms with Crippen molar-refractivity contribution in [1.82, 2.24) is 9.62 Å². The van der Waals surface area contributed by atoms with Crippen LogP contribution in [0.15, 0.2) is 29.2 Å². The molecule has 8 nitrogen and oxygen atoms in total. The Hall–Kier alpha value is -2.13. The summed E-state index contributed by atoms with van der Waals surface area (Å²) >= 11 is 0. The van der Waals surface area contributed by atoms with Crippen LogP contribution in [0.2, 0.25) is 0 Å². The van der Waals surface area contributed by atoms with Crippen molar-refractivity contribution < 1.29 is 27.5 Å². The second-order valence-electron chi connectivity index (χ2n) is 7.65. The third-order valence-electron chi connectivity index (χ3n) is 5.85. The minimum Gasteiger partial charge on any atom is -0.497 e. The molecule has 0 radical (unpaired) electrons. The number of nitrogens with zero attached hydrogens (tertiary/aromatic N) is 1. The van der Waals surface area contributed by atoms with Crippen LogP contribution in [-0.2, 0) is 24.3 Å². The van der Waals surface area contributed by atoms with Gasteiger partial charge in [0.15, 0.2) is 0 Å². The molecule has 1 amide bonds. The molecule has 1 unspecified atom stereocenters. The first-order valence-corrected chi connectivity index (χ1v) is 11.3. The van der Waals surface area contributed by atoms with Crippen molar-refractivity contribution in [2.24, 2.45) is 5.92 Å². The monoisotopic (exact) mass is 424 g/mol. The number of piperidine rings is 1. The first-order chi connectivity index (χ1) is 13.8. The van der Waals surface area contributed by atoms with Crippen LogP contribution >= 0.6 is 0 Å². The smallest absolute Gasteiger partial charge is 0.331 e. The first kappa shape index (κ1) is 21.6. The largest absolute Gasteiger partial charge is 0.497 e. The van der Waals surface area contributed by atoms with Gasteiger partial charge in [0.1, 0.15) is 11.3 Å². The summed E-state index contributed by atoms with van der Waals surface area (Å²) in [5.41, 5.74) is -0.983. The second-order valence-corrected chi connectivity index (χ2v) is 9.59. The molecule has 1 saturated carbocycles. The summed E-state index contributed by atoms with van der Waals surface area (Å²) < 4.78 is 37.3. The highest BCUT2D eigenvalue weighted by molar-refractivity contribution is 7.89. The van der Waals surface area contributed by atoms with Gasteiger partial charge in [-0.3, -0.25) is 4.79 Å². The van der Waals surface area contributed by atoms with E-state index in [-0.39, 0.29) is 17.3 Å². The van der Waals surface area contributed by atoms with Gasteiger partial charge in [-0.05, 0) is 49.9 Å². The molecule has 0 spiro atoms. The number of esters is 1. The molecule has 2 fully saturated rings. The normalized spacial score (nSPS) is 22.1. The van der Waals surface area contributed by atoms with Gasteiger partial charge in [-0.1, -0.05) is 12.8 Å². The lowest BCUT2D eigenvalue weighted by Crippen LogP contribution is -2.56. The van der Waals surface area contributed by atoms with Gasteiger partial charge in [0.2, 0.25) is 15.9 Å². The number of hydrogen-bond donors (Lipinski definition) is 1. The van der Waals surface area contributed by atoms with Crippen LogP contribution in [0.4, 0.5) is 0 Å². The number of benzene rings is 1. The molecule has 29 heavy (non-hydrogen) atoms. The maximum Gasteiger partial charge on any atom is 0.331 e. The predicted molar refractivity (Wildman–Crippen MR) is 106 cm³/mol. The van der Waals surface area contributed by atoms with E-state index < -0.39 is 27.4 Å². The van der Waals surface area contributed by atoms with E-state index in [4.69, 9.17) is 9.47 Å². The van der Waals surface area contributed by atoms with E-state index in [0.717, 1.165) is 12.8 Å². The van der Waals surface area contributed by atoms with Crippen molar-refractivity contribution in [3.8, 4) is 5.75 Å². The van der Waals surface area contributed by atoms with E-state index in [1.165, 1.54) is 30.7 Å². The molecule has 1 aliphatic heterocycles. The average molecular weight is 425 g/mol. The Morgan fingerprint density at radius 2 is 1.76 bits per heavy atom. The molecule has 1 saturated heterocycles. The zero-order chi connectivity index (χ0) is 21.1. The van der Waals surface area contributed by atoms with Crippen molar-refractivity contribution >= 4 is 21.9 Å². The number of carbonyl (C=O) groups is 2. The van der Waals surface area contributed by atoms with Gasteiger partial charge in [0, 0.05) is 13.1 Å². The van der Waals surface area contributed by atoms with Gasteiger partial charge in [0.25, 0.3) is 0 Å². The quantitative estimate of drug-likeness (QED) is 0.698. The molecule has 160 valence electrons. The van der Waals surface area contributed by atoms with Crippen LogP contribution in [-0.4, -0.2) is 57.4 Å². The Balaban J connectivity index is 1.72. The summed E-state index contributed by atoms with van der Waals surface area (Å²) in [7, 11) is -0.876. The van der Waals surface area contributed by atoms with Crippen molar-refractivity contribution in [2.75, 3.05) is 27.3 Å². The zero-order valence-electron chi connectivity index (χ0n) is 16.8. The fourth-order valence-electron chi connectivity index (χ4n) is 4.16. The van der Waals surface area contributed by atoms with Crippen LogP contribution in [0.3, 0.4) is 0 Å². The number of sulfonamides is 1. The van der Waals surface area contributed by atoms with E-state index >= 15 is 0 Å². The van der Waals surface area contributed by atoms with Gasteiger partial charge < -0.3 is 14.8 Å². The topological polar surface area (TPSA) is 102 Å². The fourth-order valence-corrected chi connectivity index (χ4v) is 5.69. The van der Waals surface area contributed by atoms with Gasteiger partial charge in [0.05, 0.1) is 25.0 Å². The van der Waals surface area contributed by atoms with Crippen molar-refractivity contribution in [3.63, 3.8) is 0 Å². The Kier molecular flexibility index (Phi) is 6.48. The van der Waals surface area contributed by atoms with Gasteiger partial charge >= 0.3 is 5.97 Å². The highest BCUT2D eigenvalue weighted by Gasteiger charge is 2.45. The number of nitrogens with one attached hydrogen (secondary N) is 1. The van der Waals surface area contributed by atoms with E-state index in [9.17, 15) is 18.0 Å². The number of methoxy groups -OCH3 is 2. The molecule has 1 atom stereocenters. The molecule has 1 N–H and O–H groups in total. The number of amides is 1. The summed E-state index contributed by atoms with van der Waals surface area (Å²) in [5, 5.41) is 2.89. The molecule has 3 rings (SSSR count). The Bertz CT molecular complexity index is 846. The average Bonchev–Trinajstić information content (AvgIpc) is 3.22. The minimum absolute atomic E-state index is 0.0947. The zero-order valence-corrected chi connectivity index (χ0v) is 17.7. The molecule has 9 heteroatoms. The van der Waals surface area contributed by atoms with Crippen LogP contribution < -0.4 is 10.1 Å². The maximum absolute atomic E-state index is 13.0. The summed E-state index contributed by atoms with van der Waals surface area (Å²) in [6.45, 7) is 0.456. The van der Waals surface area contributed by atoms with Crippen molar-refractivity contribution in [3.05, 3.63) is 24.3 Å². The maximum atomic E-state index is 13.0. The van der Waals surface area contributed by atoms with E-state index in [2.05, 4.69) is 5.32 Å². The fraction of sp³-hybridized carbons (Fsp3) is 0.600. The summed E-state index contributed by atoms with van der Waals surface area (Å²) in [6, 6.07) is 6.20. The molecular formula is C20H28N2O6S. The van der Waals surface area contributed by atoms with Crippen molar-refractivity contribution in [1.29, 1.82) is 0 Å². The Labute approximate surface area is 171 Å². The highest BCUT2D eigenvalue weighted by atomic mass is 32.2. The summed E-state index contributed by atoms with van der Waals surface area (Å²) in [4.78, 5) is 25.3. The number of ether oxygens (including phenoxy) is 2. The molecule has 0 bridgehead atoms. The molecule has 2 aliphatic rings. The van der Waals surface area contributed by atoms with Crippen LogP contribution in [0.5, 0.6) is 5.75 Å². The number of rotatable bonds is 6. The third-order valence-corrected chi connectivity index (χ3v) is 7.73. The van der Waals surface area contributed by atoms with Gasteiger partial charge in [-0.15, -0.1) is 0 Å². The molecule has 1 aromatic rings. The number of carbonyl (C=O) groups excluding carboxylic acids is 2. The highest BCUT2D eigenvalue weighted by Crippen LogP contribution is 2.32. The predicted octanol–water partition coefficient (Wildman–Crippen LogP) is 1.70. The van der Waals surface area contributed by atoms with Crippen LogP contribution in [0.25, 0.3) is 0 Å². The Morgan fingerprint density at radius 1 is 1.10 bits per heavy atom. The molecular weight excluding hydrogens is 396 g/mol. The second kappa shape index (κ2) is 8.71. The minimum atomic E-state index is -3.71. The van der Waals surface area contributed by atoms with E-state index in [0.29, 0.717) is 38.0 Å². The first-order valence-electron chi connectivity index (χ1n) is 9.87. The molecule has 0 aromatic heterocycles. The van der Waals surface area contributed by atoms with Crippen LogP contribution in [0.1, 0.15) is 38.5 Å². The number of hydrogen-bond acceptors (Lipinski definition) is 6. The molecule has 1 heterocycles. The lowest BCUT2D eigenvalue weighted by atomic mass is 9.93. The van der Waals surface area contributed by atoms with Gasteiger partial charge in [-0.2, -0.15) is 4.31 Å². The summed E-state index contributed by atoms with van der Waals surface area (Å²) in [5.74, 6) is -0.641. The lowest BCUT2D eigenvalue weighted by molar-refractivity contribution is -0.151. The Morgan fingerprint density at radius 3 is 2.34 bits per heavy atom. The lowest BCUT2D eigenvalue weighted by Gasteiger charge is -2.34. The van der Waals surface area contributed by atoms with Gasteiger partial charge in [-0.25, -0.2) is 13.2 Å². The third kappa shape index (κ3) is 4.40. The van der Waals surface area contributed by atoms with E-state index in [1.54, 1.807) is 12.1 Å². The summed E-state index contributed by atoms with van der Waals surface area (Å²) in [6.07, 6.45) is 3.95.